The van der Waals surface area contributed by atoms with E-state index in [9.17, 15) is 9.65 Å². The molecule has 5 rings (SSSR count). The first-order valence-electron chi connectivity index (χ1n) is 12.7. The molecule has 0 radical (unpaired) electrons. The van der Waals surface area contributed by atoms with Crippen LogP contribution in [0.25, 0.3) is 10.9 Å². The molecule has 0 spiro atoms. The van der Waals surface area contributed by atoms with E-state index in [-0.39, 0.29) is 5.41 Å². The fourth-order valence-corrected chi connectivity index (χ4v) is 4.99. The Balaban J connectivity index is 1.62. The summed E-state index contributed by atoms with van der Waals surface area (Å²) in [4.78, 5) is 8.57. The van der Waals surface area contributed by atoms with Crippen LogP contribution in [0.15, 0.2) is 42.4 Å². The molecule has 11 heteroatoms. The van der Waals surface area contributed by atoms with E-state index < -0.39 is 11.4 Å². The number of hydrogen-bond acceptors (Lipinski definition) is 8. The number of hydrogen-bond donors (Lipinski definition) is 4. The second-order valence-corrected chi connectivity index (χ2v) is 11.8. The number of nitriles is 1. The van der Waals surface area contributed by atoms with Gasteiger partial charge in [-0.2, -0.15) is 9.65 Å². The van der Waals surface area contributed by atoms with Gasteiger partial charge >= 0.3 is 0 Å². The normalized spacial score (nSPS) is 17.0. The van der Waals surface area contributed by atoms with E-state index in [0.717, 1.165) is 35.2 Å². The van der Waals surface area contributed by atoms with Crippen molar-refractivity contribution in [2.24, 2.45) is 5.41 Å². The van der Waals surface area contributed by atoms with Crippen molar-refractivity contribution in [3.8, 4) is 6.07 Å². The van der Waals surface area contributed by atoms with Gasteiger partial charge in [0.05, 0.1) is 32.9 Å². The maximum atomic E-state index is 14.0. The highest BCUT2D eigenvalue weighted by Gasteiger charge is 2.39. The number of nitrogens with zero attached hydrogens (tertiary/aromatic N) is 4. The lowest BCUT2D eigenvalue weighted by molar-refractivity contribution is 0.260. The maximum Gasteiger partial charge on any atom is 0.213 e. The second-order valence-electron chi connectivity index (χ2n) is 11.4. The molecule has 1 unspecified atom stereocenters. The van der Waals surface area contributed by atoms with Crippen LogP contribution >= 0.6 is 11.6 Å². The number of fused-ring (bicyclic) bond motifs is 1. The van der Waals surface area contributed by atoms with Crippen LogP contribution in [0.5, 0.6) is 0 Å². The van der Waals surface area contributed by atoms with Crippen LogP contribution in [0.1, 0.15) is 50.4 Å². The van der Waals surface area contributed by atoms with Crippen LogP contribution in [0.2, 0.25) is 5.02 Å². The molecule has 1 fully saturated rings. The molecule has 2 aliphatic rings. The van der Waals surface area contributed by atoms with Crippen molar-refractivity contribution in [2.45, 2.75) is 52.0 Å². The third-order valence-corrected chi connectivity index (χ3v) is 7.18. The fourth-order valence-electron chi connectivity index (χ4n) is 4.72. The lowest BCUT2D eigenvalue weighted by atomic mass is 9.69. The average molecular weight is 533 g/mol. The minimum absolute atomic E-state index is 0.00525. The topological polar surface area (TPSA) is 101 Å². The Morgan fingerprint density at radius 3 is 2.71 bits per heavy atom. The van der Waals surface area contributed by atoms with E-state index in [4.69, 9.17) is 11.6 Å². The van der Waals surface area contributed by atoms with Crippen molar-refractivity contribution in [3.63, 3.8) is 0 Å². The Labute approximate surface area is 228 Å². The SMILES string of the molecule is BC(Nc1cc(Cl)c2ncc(C#N)c(NCC(C)(C)C)c2c1)(C1=CN(C2CC2)NN1)c1ccc(F)nc1C. The van der Waals surface area contributed by atoms with E-state index in [0.29, 0.717) is 40.1 Å². The van der Waals surface area contributed by atoms with Crippen molar-refractivity contribution in [1.82, 2.24) is 25.9 Å². The molecule has 1 saturated carbocycles. The molecule has 2 aromatic heterocycles. The van der Waals surface area contributed by atoms with E-state index in [1.54, 1.807) is 19.2 Å². The Morgan fingerprint density at radius 1 is 1.29 bits per heavy atom. The summed E-state index contributed by atoms with van der Waals surface area (Å²) in [6.45, 7) is 8.84. The predicted molar refractivity (Wildman–Crippen MR) is 151 cm³/mol. The van der Waals surface area contributed by atoms with Gasteiger partial charge in [0, 0.05) is 41.8 Å². The van der Waals surface area contributed by atoms with Crippen molar-refractivity contribution in [2.75, 3.05) is 17.2 Å². The zero-order valence-corrected chi connectivity index (χ0v) is 23.0. The average Bonchev–Trinajstić information content (AvgIpc) is 3.57. The lowest BCUT2D eigenvalue weighted by Gasteiger charge is -2.34. The Hall–Kier alpha value is -3.55. The van der Waals surface area contributed by atoms with Crippen LogP contribution < -0.4 is 21.6 Å². The van der Waals surface area contributed by atoms with Gasteiger partial charge in [0.2, 0.25) is 5.95 Å². The maximum absolute atomic E-state index is 14.0. The number of rotatable bonds is 7. The van der Waals surface area contributed by atoms with Crippen LogP contribution in [0, 0.1) is 29.6 Å². The summed E-state index contributed by atoms with van der Waals surface area (Å²) >= 11 is 6.75. The summed E-state index contributed by atoms with van der Waals surface area (Å²) in [5.41, 5.74) is 10.4. The molecule has 1 aromatic carbocycles. The quantitative estimate of drug-likeness (QED) is 0.264. The summed E-state index contributed by atoms with van der Waals surface area (Å²) in [5.74, 6) is -0.530. The molecule has 1 aliphatic carbocycles. The lowest BCUT2D eigenvalue weighted by Crippen LogP contribution is -2.46. The Morgan fingerprint density at radius 2 is 2.05 bits per heavy atom. The minimum atomic E-state index is -0.822. The van der Waals surface area contributed by atoms with Crippen molar-refractivity contribution < 1.29 is 4.39 Å². The van der Waals surface area contributed by atoms with Crippen molar-refractivity contribution >= 4 is 41.7 Å². The smallest absolute Gasteiger partial charge is 0.213 e. The van der Waals surface area contributed by atoms with Crippen LogP contribution in [0.4, 0.5) is 15.8 Å². The molecule has 0 bridgehead atoms. The molecule has 196 valence electrons. The predicted octanol–water partition coefficient (Wildman–Crippen LogP) is 4.29. The third-order valence-electron chi connectivity index (χ3n) is 6.89. The molecule has 1 atom stereocenters. The molecule has 8 nitrogen and oxygen atoms in total. The van der Waals surface area contributed by atoms with Gasteiger partial charge in [-0.3, -0.25) is 9.99 Å². The summed E-state index contributed by atoms with van der Waals surface area (Å²) in [6.07, 6.45) is 5.84. The van der Waals surface area contributed by atoms with Gasteiger partial charge in [0.15, 0.2) is 0 Å². The van der Waals surface area contributed by atoms with E-state index in [1.165, 1.54) is 6.07 Å². The minimum Gasteiger partial charge on any atom is -0.383 e. The third kappa shape index (κ3) is 5.09. The van der Waals surface area contributed by atoms with Gasteiger partial charge < -0.3 is 16.1 Å². The first kappa shape index (κ1) is 26.1. The summed E-state index contributed by atoms with van der Waals surface area (Å²) < 4.78 is 14.0. The van der Waals surface area contributed by atoms with Gasteiger partial charge in [0.25, 0.3) is 0 Å². The second kappa shape index (κ2) is 9.64. The summed E-state index contributed by atoms with van der Waals surface area (Å²) in [5, 5.41) is 20.2. The number of anilines is 2. The van der Waals surface area contributed by atoms with Crippen LogP contribution in [-0.4, -0.2) is 35.4 Å². The summed E-state index contributed by atoms with van der Waals surface area (Å²) in [7, 11) is 2.02. The number of hydrazine groups is 2. The number of aromatic nitrogens is 2. The van der Waals surface area contributed by atoms with Gasteiger partial charge in [-0.1, -0.05) is 38.4 Å². The van der Waals surface area contributed by atoms with E-state index >= 15 is 0 Å². The van der Waals surface area contributed by atoms with Crippen LogP contribution in [-0.2, 0) is 5.44 Å². The Kier molecular flexibility index (Phi) is 6.62. The van der Waals surface area contributed by atoms with Gasteiger partial charge in [-0.25, -0.2) is 4.98 Å². The van der Waals surface area contributed by atoms with Gasteiger partial charge in [0.1, 0.15) is 13.9 Å². The molecular weight excluding hydrogens is 502 g/mol. The molecule has 3 heterocycles. The first-order chi connectivity index (χ1) is 18.0. The molecule has 0 amide bonds. The zero-order valence-electron chi connectivity index (χ0n) is 22.2. The zero-order chi connectivity index (χ0) is 27.2. The largest absolute Gasteiger partial charge is 0.383 e. The van der Waals surface area contributed by atoms with Crippen molar-refractivity contribution in [3.05, 3.63) is 70.2 Å². The molecule has 0 saturated heterocycles. The van der Waals surface area contributed by atoms with E-state index in [2.05, 4.69) is 63.4 Å². The number of pyridine rings is 2. The molecule has 3 aromatic rings. The highest BCUT2D eigenvalue weighted by atomic mass is 35.5. The van der Waals surface area contributed by atoms with Gasteiger partial charge in [-0.05, 0) is 48.9 Å². The highest BCUT2D eigenvalue weighted by molar-refractivity contribution is 6.36. The van der Waals surface area contributed by atoms with Crippen LogP contribution in [0.3, 0.4) is 0 Å². The van der Waals surface area contributed by atoms with E-state index in [1.807, 2.05) is 26.2 Å². The number of halogens is 2. The highest BCUT2D eigenvalue weighted by Crippen LogP contribution is 2.39. The number of nitrogens with one attached hydrogen (secondary N) is 4. The standard InChI is InChI=1S/C27H31BClFN8/c1-15-20(7-8-23(30)34-15)27(28,22-13-38(37-36-22)18-5-6-18)35-17-9-19-24(33-14-26(2,3)4)16(11-31)12-32-25(19)21(29)10-17/h7-10,12-13,18,35-37H,5-6,14,28H2,1-4H3,(H,32,33). The van der Waals surface area contributed by atoms with Crippen molar-refractivity contribution in [1.29, 1.82) is 5.26 Å². The number of benzene rings is 1. The Bertz CT molecular complexity index is 1480. The first-order valence-corrected chi connectivity index (χ1v) is 13.1. The molecule has 4 N–H and O–H groups in total. The monoisotopic (exact) mass is 532 g/mol. The van der Waals surface area contributed by atoms with Gasteiger partial charge in [-0.15, -0.1) is 5.53 Å². The molecule has 38 heavy (non-hydrogen) atoms. The summed E-state index contributed by atoms with van der Waals surface area (Å²) in [6, 6.07) is 9.59. The molecular formula is C27H31BClFN8. The molecule has 1 aliphatic heterocycles. The fraction of sp³-hybridized carbons (Fsp3) is 0.370. The number of aryl methyl sites for hydroxylation is 1.